The summed E-state index contributed by atoms with van der Waals surface area (Å²) < 4.78 is 5.29. The maximum Gasteiger partial charge on any atom is 0.293 e. The molecule has 1 amide bonds. The van der Waals surface area contributed by atoms with Crippen LogP contribution in [-0.4, -0.2) is 34.5 Å². The molecule has 8 heteroatoms. The zero-order chi connectivity index (χ0) is 23.7. The Hall–Kier alpha value is -4.59. The number of benzene rings is 3. The number of para-hydroxylation sites is 2. The van der Waals surface area contributed by atoms with Crippen LogP contribution in [0.1, 0.15) is 27.5 Å². The van der Waals surface area contributed by atoms with Gasteiger partial charge in [-0.2, -0.15) is 0 Å². The van der Waals surface area contributed by atoms with Crippen LogP contribution in [0.2, 0.25) is 0 Å². The molecule has 34 heavy (non-hydrogen) atoms. The van der Waals surface area contributed by atoms with Crippen LogP contribution in [0.15, 0.2) is 79.0 Å². The van der Waals surface area contributed by atoms with Gasteiger partial charge in [-0.25, -0.2) is 0 Å². The van der Waals surface area contributed by atoms with Gasteiger partial charge in [0.15, 0.2) is 0 Å². The number of nitro groups is 1. The van der Waals surface area contributed by atoms with E-state index in [1.165, 1.54) is 6.07 Å². The lowest BCUT2D eigenvalue weighted by molar-refractivity contribution is -0.383. The summed E-state index contributed by atoms with van der Waals surface area (Å²) >= 11 is 0. The number of nitro benzene ring substituents is 1. The highest BCUT2D eigenvalue weighted by Gasteiger charge is 2.21. The molecule has 2 heterocycles. The Morgan fingerprint density at radius 1 is 1.09 bits per heavy atom. The maximum absolute atomic E-state index is 13.0. The summed E-state index contributed by atoms with van der Waals surface area (Å²) in [6.07, 6.45) is 1.97. The van der Waals surface area contributed by atoms with Crippen LogP contribution < -0.4 is 10.1 Å². The number of carbonyl (C=O) groups is 1. The van der Waals surface area contributed by atoms with Gasteiger partial charge < -0.3 is 20.0 Å². The van der Waals surface area contributed by atoms with Gasteiger partial charge in [0.2, 0.25) is 0 Å². The van der Waals surface area contributed by atoms with Crippen molar-refractivity contribution in [1.82, 2.24) is 15.3 Å². The molecular formula is C26H22N4O4. The summed E-state index contributed by atoms with van der Waals surface area (Å²) in [7, 11) is 1.62. The third-order valence-electron chi connectivity index (χ3n) is 6.06. The number of aromatic amines is 2. The predicted octanol–water partition coefficient (Wildman–Crippen LogP) is 5.13. The standard InChI is InChI=1S/C26H22N4O4/c1-34-18-11-9-16(10-12-18)20(21-15-27-22-7-3-2-6-19(21)22)14-28-26(31)23-13-17-5-4-8-24(30(32)33)25(17)29-23/h2-13,15,20,27,29H,14H2,1H3,(H,28,31). The summed E-state index contributed by atoms with van der Waals surface area (Å²) in [6.45, 7) is 0.338. The quantitative estimate of drug-likeness (QED) is 0.234. The van der Waals surface area contributed by atoms with Gasteiger partial charge in [-0.05, 0) is 35.4 Å². The monoisotopic (exact) mass is 454 g/mol. The van der Waals surface area contributed by atoms with Gasteiger partial charge in [0.1, 0.15) is 17.0 Å². The second-order valence-corrected chi connectivity index (χ2v) is 8.01. The highest BCUT2D eigenvalue weighted by Crippen LogP contribution is 2.32. The number of aromatic nitrogens is 2. The molecule has 0 aliphatic heterocycles. The molecule has 2 aromatic heterocycles. The summed E-state index contributed by atoms with van der Waals surface area (Å²) in [4.78, 5) is 30.1. The molecule has 0 saturated heterocycles. The lowest BCUT2D eigenvalue weighted by Gasteiger charge is -2.18. The molecule has 3 N–H and O–H groups in total. The molecule has 0 saturated carbocycles. The van der Waals surface area contributed by atoms with E-state index in [1.807, 2.05) is 48.7 Å². The molecule has 0 bridgehead atoms. The van der Waals surface area contributed by atoms with Crippen LogP contribution in [0.25, 0.3) is 21.8 Å². The molecule has 5 aromatic rings. The normalized spacial score (nSPS) is 12.0. The number of rotatable bonds is 7. The zero-order valence-corrected chi connectivity index (χ0v) is 18.4. The largest absolute Gasteiger partial charge is 0.497 e. The summed E-state index contributed by atoms with van der Waals surface area (Å²) in [5, 5.41) is 16.0. The lowest BCUT2D eigenvalue weighted by atomic mass is 9.90. The Labute approximate surface area is 194 Å². The van der Waals surface area contributed by atoms with Crippen molar-refractivity contribution in [1.29, 1.82) is 0 Å². The molecule has 5 rings (SSSR count). The Morgan fingerprint density at radius 3 is 2.65 bits per heavy atom. The summed E-state index contributed by atoms with van der Waals surface area (Å²) in [6, 6.07) is 22.2. The molecule has 1 unspecified atom stereocenters. The van der Waals surface area contributed by atoms with E-state index < -0.39 is 4.92 Å². The number of ether oxygens (including phenoxy) is 1. The van der Waals surface area contributed by atoms with E-state index in [2.05, 4.69) is 21.4 Å². The number of non-ortho nitro benzene ring substituents is 1. The number of H-pyrrole nitrogens is 2. The third kappa shape index (κ3) is 3.86. The Bertz CT molecular complexity index is 1500. The summed E-state index contributed by atoms with van der Waals surface area (Å²) in [5.41, 5.74) is 3.65. The van der Waals surface area contributed by atoms with Crippen molar-refractivity contribution in [2.45, 2.75) is 5.92 Å². The first-order valence-electron chi connectivity index (χ1n) is 10.8. The topological polar surface area (TPSA) is 113 Å². The minimum absolute atomic E-state index is 0.0635. The van der Waals surface area contributed by atoms with Crippen LogP contribution in [0.5, 0.6) is 5.75 Å². The minimum atomic E-state index is -0.461. The first-order chi connectivity index (χ1) is 16.5. The van der Waals surface area contributed by atoms with E-state index in [-0.39, 0.29) is 23.2 Å². The minimum Gasteiger partial charge on any atom is -0.497 e. The van der Waals surface area contributed by atoms with Gasteiger partial charge in [0, 0.05) is 41.0 Å². The van der Waals surface area contributed by atoms with Gasteiger partial charge in [-0.3, -0.25) is 14.9 Å². The fourth-order valence-corrected chi connectivity index (χ4v) is 4.33. The number of fused-ring (bicyclic) bond motifs is 2. The SMILES string of the molecule is COc1ccc(C(CNC(=O)c2cc3cccc([N+](=O)[O-])c3[nH]2)c2c[nH]c3ccccc23)cc1. The molecule has 0 radical (unpaired) electrons. The van der Waals surface area contributed by atoms with E-state index in [0.717, 1.165) is 27.8 Å². The average Bonchev–Trinajstić information content (AvgIpc) is 3.49. The van der Waals surface area contributed by atoms with Crippen molar-refractivity contribution in [2.75, 3.05) is 13.7 Å². The number of nitrogens with one attached hydrogen (secondary N) is 3. The van der Waals surface area contributed by atoms with E-state index in [9.17, 15) is 14.9 Å². The Balaban J connectivity index is 1.46. The van der Waals surface area contributed by atoms with E-state index in [4.69, 9.17) is 4.74 Å². The van der Waals surface area contributed by atoms with Crippen molar-refractivity contribution in [2.24, 2.45) is 0 Å². The average molecular weight is 454 g/mol. The Kier molecular flexibility index (Phi) is 5.47. The first-order valence-corrected chi connectivity index (χ1v) is 10.8. The number of carbonyl (C=O) groups excluding carboxylic acids is 1. The van der Waals surface area contributed by atoms with E-state index in [0.29, 0.717) is 17.4 Å². The first kappa shape index (κ1) is 21.3. The number of hydrogen-bond donors (Lipinski definition) is 3. The van der Waals surface area contributed by atoms with Crippen molar-refractivity contribution in [3.05, 3.63) is 106 Å². The second-order valence-electron chi connectivity index (χ2n) is 8.01. The smallest absolute Gasteiger partial charge is 0.293 e. The van der Waals surface area contributed by atoms with Gasteiger partial charge in [-0.15, -0.1) is 0 Å². The molecular weight excluding hydrogens is 432 g/mol. The van der Waals surface area contributed by atoms with E-state index in [1.54, 1.807) is 25.3 Å². The lowest BCUT2D eigenvalue weighted by Crippen LogP contribution is -2.29. The van der Waals surface area contributed by atoms with Crippen LogP contribution in [0.4, 0.5) is 5.69 Å². The molecule has 8 nitrogen and oxygen atoms in total. The van der Waals surface area contributed by atoms with Crippen LogP contribution in [0, 0.1) is 10.1 Å². The van der Waals surface area contributed by atoms with Crippen molar-refractivity contribution >= 4 is 33.4 Å². The van der Waals surface area contributed by atoms with Crippen molar-refractivity contribution in [3.63, 3.8) is 0 Å². The number of nitrogens with zero attached hydrogens (tertiary/aromatic N) is 1. The van der Waals surface area contributed by atoms with Crippen LogP contribution in [0.3, 0.4) is 0 Å². The second kappa shape index (κ2) is 8.74. The van der Waals surface area contributed by atoms with Crippen LogP contribution >= 0.6 is 0 Å². The van der Waals surface area contributed by atoms with Gasteiger partial charge in [0.05, 0.1) is 12.0 Å². The highest BCUT2D eigenvalue weighted by molar-refractivity contribution is 6.00. The maximum atomic E-state index is 13.0. The molecule has 0 aliphatic rings. The zero-order valence-electron chi connectivity index (χ0n) is 18.4. The van der Waals surface area contributed by atoms with E-state index >= 15 is 0 Å². The molecule has 0 spiro atoms. The Morgan fingerprint density at radius 2 is 1.88 bits per heavy atom. The molecule has 3 aromatic carbocycles. The highest BCUT2D eigenvalue weighted by atomic mass is 16.6. The number of amides is 1. The van der Waals surface area contributed by atoms with Gasteiger partial charge in [-0.1, -0.05) is 42.5 Å². The fraction of sp³-hybridized carbons (Fsp3) is 0.115. The molecule has 0 fully saturated rings. The van der Waals surface area contributed by atoms with Gasteiger partial charge in [0.25, 0.3) is 11.6 Å². The van der Waals surface area contributed by atoms with Crippen molar-refractivity contribution in [3.8, 4) is 5.75 Å². The molecule has 1 atom stereocenters. The summed E-state index contributed by atoms with van der Waals surface area (Å²) in [5.74, 6) is 0.304. The van der Waals surface area contributed by atoms with Crippen LogP contribution in [-0.2, 0) is 0 Å². The fourth-order valence-electron chi connectivity index (χ4n) is 4.33. The third-order valence-corrected chi connectivity index (χ3v) is 6.06. The number of methoxy groups -OCH3 is 1. The molecule has 170 valence electrons. The number of hydrogen-bond acceptors (Lipinski definition) is 4. The van der Waals surface area contributed by atoms with Crippen molar-refractivity contribution < 1.29 is 14.5 Å². The predicted molar refractivity (Wildman–Crippen MR) is 130 cm³/mol. The molecule has 0 aliphatic carbocycles. The van der Waals surface area contributed by atoms with Gasteiger partial charge >= 0.3 is 0 Å².